The van der Waals surface area contributed by atoms with Crippen LogP contribution in [0.1, 0.15) is 117 Å². The molecule has 0 spiro atoms. The largest absolute Gasteiger partial charge is 0.236 e. The van der Waals surface area contributed by atoms with Crippen LogP contribution in [0.3, 0.4) is 0 Å². The second-order valence-corrected chi connectivity index (χ2v) is 6.65. The Labute approximate surface area is 140 Å². The standard InChI is InChI=1S/C20H42O2/c1-4-7-8-9-10-11-12-13-14-15-16-18-20(17-5-2)22-21-19-6-3/h20H,4-19H2,1-3H3. The average molecular weight is 315 g/mol. The Balaban J connectivity index is 3.30. The molecule has 0 N–H and O–H groups in total. The van der Waals surface area contributed by atoms with Gasteiger partial charge in [-0.3, -0.25) is 0 Å². The van der Waals surface area contributed by atoms with Crippen molar-refractivity contribution in [2.45, 2.75) is 123 Å². The van der Waals surface area contributed by atoms with E-state index in [-0.39, 0.29) is 0 Å². The summed E-state index contributed by atoms with van der Waals surface area (Å²) in [6.07, 6.45) is 20.2. The summed E-state index contributed by atoms with van der Waals surface area (Å²) in [5.74, 6) is 0. The molecule has 0 aromatic carbocycles. The minimum Gasteiger partial charge on any atom is -0.236 e. The van der Waals surface area contributed by atoms with Crippen molar-refractivity contribution in [3.8, 4) is 0 Å². The molecule has 0 aliphatic rings. The molecule has 22 heavy (non-hydrogen) atoms. The van der Waals surface area contributed by atoms with Crippen molar-refractivity contribution in [3.63, 3.8) is 0 Å². The van der Waals surface area contributed by atoms with Gasteiger partial charge in [0.1, 0.15) is 0 Å². The van der Waals surface area contributed by atoms with E-state index in [0.29, 0.717) is 6.10 Å². The molecule has 2 heteroatoms. The predicted octanol–water partition coefficient (Wildman–Crippen LogP) is 7.21. The molecule has 134 valence electrons. The van der Waals surface area contributed by atoms with Crippen molar-refractivity contribution in [1.82, 2.24) is 0 Å². The smallest absolute Gasteiger partial charge is 0.0929 e. The van der Waals surface area contributed by atoms with Crippen LogP contribution in [0.2, 0.25) is 0 Å². The number of rotatable bonds is 18. The Morgan fingerprint density at radius 2 is 1.09 bits per heavy atom. The molecule has 1 atom stereocenters. The summed E-state index contributed by atoms with van der Waals surface area (Å²) in [7, 11) is 0. The molecule has 0 aromatic heterocycles. The van der Waals surface area contributed by atoms with Crippen LogP contribution in [0.4, 0.5) is 0 Å². The topological polar surface area (TPSA) is 18.5 Å². The van der Waals surface area contributed by atoms with E-state index < -0.39 is 0 Å². The molecule has 0 radical (unpaired) electrons. The van der Waals surface area contributed by atoms with E-state index >= 15 is 0 Å². The van der Waals surface area contributed by atoms with Gasteiger partial charge in [0, 0.05) is 0 Å². The highest BCUT2D eigenvalue weighted by Crippen LogP contribution is 2.15. The van der Waals surface area contributed by atoms with Gasteiger partial charge in [0.2, 0.25) is 0 Å². The molecule has 0 amide bonds. The lowest BCUT2D eigenvalue weighted by molar-refractivity contribution is -0.326. The predicted molar refractivity (Wildman–Crippen MR) is 97.1 cm³/mol. The van der Waals surface area contributed by atoms with Crippen LogP contribution in [0.5, 0.6) is 0 Å². The van der Waals surface area contributed by atoms with Gasteiger partial charge >= 0.3 is 0 Å². The van der Waals surface area contributed by atoms with Gasteiger partial charge in [-0.15, -0.1) is 0 Å². The molecule has 2 nitrogen and oxygen atoms in total. The fourth-order valence-corrected chi connectivity index (χ4v) is 2.83. The average Bonchev–Trinajstić information content (AvgIpc) is 2.52. The zero-order chi connectivity index (χ0) is 16.3. The van der Waals surface area contributed by atoms with Crippen LogP contribution in [0, 0.1) is 0 Å². The van der Waals surface area contributed by atoms with Crippen molar-refractivity contribution >= 4 is 0 Å². The highest BCUT2D eigenvalue weighted by molar-refractivity contribution is 4.57. The van der Waals surface area contributed by atoms with Gasteiger partial charge in [0.05, 0.1) is 12.7 Å². The summed E-state index contributed by atoms with van der Waals surface area (Å²) >= 11 is 0. The highest BCUT2D eigenvalue weighted by Gasteiger charge is 2.08. The third kappa shape index (κ3) is 16.3. The normalized spacial score (nSPS) is 12.7. The van der Waals surface area contributed by atoms with Gasteiger partial charge in [-0.1, -0.05) is 97.8 Å². The molecule has 0 aromatic rings. The van der Waals surface area contributed by atoms with Gasteiger partial charge in [-0.25, -0.2) is 9.78 Å². The molecule has 0 saturated heterocycles. The van der Waals surface area contributed by atoms with Crippen LogP contribution < -0.4 is 0 Å². The van der Waals surface area contributed by atoms with E-state index in [9.17, 15) is 0 Å². The van der Waals surface area contributed by atoms with Crippen LogP contribution >= 0.6 is 0 Å². The first-order valence-corrected chi connectivity index (χ1v) is 10.1. The summed E-state index contributed by atoms with van der Waals surface area (Å²) < 4.78 is 0. The summed E-state index contributed by atoms with van der Waals surface area (Å²) in [6, 6.07) is 0. The summed E-state index contributed by atoms with van der Waals surface area (Å²) in [5, 5.41) is 0. The second kappa shape index (κ2) is 19.0. The number of unbranched alkanes of at least 4 members (excludes halogenated alkanes) is 10. The Morgan fingerprint density at radius 1 is 0.545 bits per heavy atom. The van der Waals surface area contributed by atoms with Crippen molar-refractivity contribution in [2.24, 2.45) is 0 Å². The first-order valence-electron chi connectivity index (χ1n) is 10.1. The molecular formula is C20H42O2. The van der Waals surface area contributed by atoms with Crippen LogP contribution in [-0.2, 0) is 9.78 Å². The first-order chi connectivity index (χ1) is 10.8. The van der Waals surface area contributed by atoms with Crippen molar-refractivity contribution in [1.29, 1.82) is 0 Å². The summed E-state index contributed by atoms with van der Waals surface area (Å²) in [6.45, 7) is 7.34. The highest BCUT2D eigenvalue weighted by atomic mass is 17.2. The number of hydrogen-bond acceptors (Lipinski definition) is 2. The van der Waals surface area contributed by atoms with E-state index in [1.54, 1.807) is 0 Å². The molecule has 0 aliphatic heterocycles. The maximum Gasteiger partial charge on any atom is 0.0929 e. The molecule has 0 rings (SSSR count). The monoisotopic (exact) mass is 314 g/mol. The van der Waals surface area contributed by atoms with Crippen LogP contribution in [0.15, 0.2) is 0 Å². The molecule has 0 bridgehead atoms. The van der Waals surface area contributed by atoms with Crippen molar-refractivity contribution in [2.75, 3.05) is 6.61 Å². The van der Waals surface area contributed by atoms with E-state index in [0.717, 1.165) is 25.9 Å². The number of hydrogen-bond donors (Lipinski definition) is 0. The Morgan fingerprint density at radius 3 is 1.59 bits per heavy atom. The lowest BCUT2D eigenvalue weighted by Crippen LogP contribution is -2.13. The molecule has 0 fully saturated rings. The molecule has 0 heterocycles. The Kier molecular flexibility index (Phi) is 18.9. The van der Waals surface area contributed by atoms with Gasteiger partial charge in [0.15, 0.2) is 0 Å². The van der Waals surface area contributed by atoms with E-state index in [1.807, 2.05) is 0 Å². The van der Waals surface area contributed by atoms with Crippen molar-refractivity contribution in [3.05, 3.63) is 0 Å². The van der Waals surface area contributed by atoms with E-state index in [4.69, 9.17) is 9.78 Å². The van der Waals surface area contributed by atoms with Crippen molar-refractivity contribution < 1.29 is 9.78 Å². The fraction of sp³-hybridized carbons (Fsp3) is 1.00. The van der Waals surface area contributed by atoms with Gasteiger partial charge in [-0.05, 0) is 19.3 Å². The van der Waals surface area contributed by atoms with Crippen LogP contribution in [0.25, 0.3) is 0 Å². The van der Waals surface area contributed by atoms with E-state index in [2.05, 4.69) is 20.8 Å². The molecule has 0 aliphatic carbocycles. The van der Waals surface area contributed by atoms with Gasteiger partial charge in [-0.2, -0.15) is 0 Å². The lowest BCUT2D eigenvalue weighted by atomic mass is 10.0. The second-order valence-electron chi connectivity index (χ2n) is 6.65. The maximum absolute atomic E-state index is 5.51. The third-order valence-electron chi connectivity index (χ3n) is 4.23. The SMILES string of the molecule is CCCCCCCCCCCCCC(CCC)OOCCC. The third-order valence-corrected chi connectivity index (χ3v) is 4.23. The summed E-state index contributed by atoms with van der Waals surface area (Å²) in [5.41, 5.74) is 0. The van der Waals surface area contributed by atoms with Gasteiger partial charge in [0.25, 0.3) is 0 Å². The first kappa shape index (κ1) is 21.9. The molecule has 1 unspecified atom stereocenters. The minimum absolute atomic E-state index is 0.315. The minimum atomic E-state index is 0.315. The van der Waals surface area contributed by atoms with Crippen LogP contribution in [-0.4, -0.2) is 12.7 Å². The lowest BCUT2D eigenvalue weighted by Gasteiger charge is -2.15. The summed E-state index contributed by atoms with van der Waals surface area (Å²) in [4.78, 5) is 10.8. The molecule has 0 saturated carbocycles. The zero-order valence-electron chi connectivity index (χ0n) is 15.7. The van der Waals surface area contributed by atoms with Gasteiger partial charge < -0.3 is 0 Å². The maximum atomic E-state index is 5.51. The quantitative estimate of drug-likeness (QED) is 0.151. The van der Waals surface area contributed by atoms with E-state index in [1.165, 1.54) is 77.0 Å². The molecular weight excluding hydrogens is 272 g/mol. The Bertz CT molecular complexity index is 194. The zero-order valence-corrected chi connectivity index (χ0v) is 15.7. The Hall–Kier alpha value is -0.0800. The fourth-order valence-electron chi connectivity index (χ4n) is 2.83.